The normalized spacial score (nSPS) is 13.2. The molecule has 0 bridgehead atoms. The van der Waals surface area contributed by atoms with Gasteiger partial charge in [-0.05, 0) is 55.7 Å². The molecule has 2 amide bonds. The zero-order valence-electron chi connectivity index (χ0n) is 22.7. The van der Waals surface area contributed by atoms with Crippen LogP contribution in [0.1, 0.15) is 51.5 Å². The lowest BCUT2D eigenvalue weighted by atomic mass is 10.0. The predicted molar refractivity (Wildman–Crippen MR) is 156 cm³/mol. The maximum atomic E-state index is 12.6. The second-order valence-corrected chi connectivity index (χ2v) is 14.5. The molecule has 0 heterocycles. The molecule has 230 valence electrons. The van der Waals surface area contributed by atoms with Crippen molar-refractivity contribution in [1.29, 1.82) is 0 Å². The third-order valence-corrected chi connectivity index (χ3v) is 10.5. The van der Waals surface area contributed by atoms with Gasteiger partial charge in [-0.15, -0.1) is 23.2 Å². The zero-order valence-corrected chi connectivity index (χ0v) is 26.0. The highest BCUT2D eigenvalue weighted by Gasteiger charge is 2.58. The number of unbranched alkanes of at least 4 members (excludes halogenated alkanes) is 1. The largest absolute Gasteiger partial charge is 0.369 e. The van der Waals surface area contributed by atoms with E-state index in [1.54, 1.807) is 13.8 Å². The van der Waals surface area contributed by atoms with Gasteiger partial charge in [-0.2, -0.15) is 0 Å². The molecule has 7 N–H and O–H groups in total. The molecular weight excluding hydrogens is 607 g/mol. The Balaban J connectivity index is 2.52. The summed E-state index contributed by atoms with van der Waals surface area (Å²) < 4.78 is 22.8. The standard InChI is InChI=1S/C24H41Cl2N3O9P2/c1-18(2)22(23(31)27-15-4-3-12-24(32,39(33,34)35)40(36,37)38)28-21(30)7-5-6-19-8-10-20(11-9-19)29(16-13-25)17-14-26/h8-11,18,22,32H,3-7,12-17H2,1-2H3,(H,27,31)(H,28,30)(H2,33,34,35)(H2,36,37,38)/t22-/m0/s1. The van der Waals surface area contributed by atoms with Gasteiger partial charge in [-0.3, -0.25) is 18.7 Å². The average Bonchev–Trinajstić information content (AvgIpc) is 2.85. The molecule has 0 saturated heterocycles. The number of alkyl halides is 2. The van der Waals surface area contributed by atoms with E-state index in [4.69, 9.17) is 23.2 Å². The molecule has 0 spiro atoms. The van der Waals surface area contributed by atoms with Gasteiger partial charge in [-0.25, -0.2) is 0 Å². The third kappa shape index (κ3) is 11.6. The first-order valence-electron chi connectivity index (χ1n) is 12.9. The highest BCUT2D eigenvalue weighted by Crippen LogP contribution is 2.69. The number of carbonyl (C=O) groups excluding carboxylic acids is 2. The molecule has 0 aliphatic carbocycles. The molecule has 1 rings (SSSR count). The first-order chi connectivity index (χ1) is 18.6. The lowest BCUT2D eigenvalue weighted by molar-refractivity contribution is -0.130. The van der Waals surface area contributed by atoms with Gasteiger partial charge in [0.1, 0.15) is 6.04 Å². The quantitative estimate of drug-likeness (QED) is 0.0666. The summed E-state index contributed by atoms with van der Waals surface area (Å²) in [6.07, 6.45) is 0.514. The maximum absolute atomic E-state index is 12.6. The molecule has 0 aliphatic rings. The van der Waals surface area contributed by atoms with Crippen molar-refractivity contribution in [3.05, 3.63) is 29.8 Å². The van der Waals surface area contributed by atoms with Crippen LogP contribution in [0, 0.1) is 5.92 Å². The number of nitrogens with one attached hydrogen (secondary N) is 2. The number of carbonyl (C=O) groups is 2. The third-order valence-electron chi connectivity index (χ3n) is 6.32. The van der Waals surface area contributed by atoms with Crippen LogP contribution < -0.4 is 15.5 Å². The number of rotatable bonds is 19. The summed E-state index contributed by atoms with van der Waals surface area (Å²) in [5, 5.41) is 11.8. The van der Waals surface area contributed by atoms with E-state index in [0.29, 0.717) is 37.7 Å². The summed E-state index contributed by atoms with van der Waals surface area (Å²) in [4.78, 5) is 64.0. The van der Waals surface area contributed by atoms with E-state index in [1.165, 1.54) is 0 Å². The Kier molecular flexibility index (Phi) is 15.7. The molecule has 16 heteroatoms. The molecule has 0 aliphatic heterocycles. The smallest absolute Gasteiger partial charge is 0.369 e. The van der Waals surface area contributed by atoms with Crippen LogP contribution in [0.15, 0.2) is 24.3 Å². The van der Waals surface area contributed by atoms with E-state index in [1.807, 2.05) is 24.3 Å². The molecule has 1 aromatic carbocycles. The highest BCUT2D eigenvalue weighted by atomic mass is 35.5. The maximum Gasteiger partial charge on any atom is 0.369 e. The van der Waals surface area contributed by atoms with Crippen LogP contribution in [-0.2, 0) is 25.1 Å². The van der Waals surface area contributed by atoms with Crippen molar-refractivity contribution >= 4 is 55.9 Å². The highest BCUT2D eigenvalue weighted by molar-refractivity contribution is 7.72. The fourth-order valence-electron chi connectivity index (χ4n) is 3.95. The number of amides is 2. The first kappa shape index (κ1) is 36.8. The van der Waals surface area contributed by atoms with Gasteiger partial charge in [0.2, 0.25) is 11.8 Å². The fourth-order valence-corrected chi connectivity index (χ4v) is 6.62. The Morgan fingerprint density at radius 1 is 0.950 bits per heavy atom. The minimum atomic E-state index is -5.52. The van der Waals surface area contributed by atoms with E-state index < -0.39 is 38.6 Å². The van der Waals surface area contributed by atoms with Crippen LogP contribution in [-0.4, -0.2) is 79.0 Å². The van der Waals surface area contributed by atoms with E-state index in [2.05, 4.69) is 15.5 Å². The SMILES string of the molecule is CC(C)[C@H](NC(=O)CCCc1ccc(N(CCCl)CCCl)cc1)C(=O)NCCCCC(O)(P(=O)(O)O)P(=O)(O)O. The first-order valence-corrected chi connectivity index (χ1v) is 17.2. The lowest BCUT2D eigenvalue weighted by Gasteiger charge is -2.29. The number of benzene rings is 1. The molecule has 0 saturated carbocycles. The summed E-state index contributed by atoms with van der Waals surface area (Å²) in [7, 11) is -11.0. The second-order valence-electron chi connectivity index (χ2n) is 9.78. The Hall–Kier alpha value is -1.20. The minimum Gasteiger partial charge on any atom is -0.369 e. The van der Waals surface area contributed by atoms with Gasteiger partial charge < -0.3 is 40.2 Å². The predicted octanol–water partition coefficient (Wildman–Crippen LogP) is 2.72. The molecule has 0 radical (unpaired) electrons. The summed E-state index contributed by atoms with van der Waals surface area (Å²) in [5.74, 6) is 0.0140. The van der Waals surface area contributed by atoms with E-state index in [9.17, 15) is 43.4 Å². The van der Waals surface area contributed by atoms with Crippen molar-refractivity contribution in [2.45, 2.75) is 63.5 Å². The Labute approximate surface area is 245 Å². The Bertz CT molecular complexity index is 1010. The molecule has 0 aromatic heterocycles. The number of aliphatic hydroxyl groups is 1. The van der Waals surface area contributed by atoms with Gasteiger partial charge in [0.15, 0.2) is 0 Å². The van der Waals surface area contributed by atoms with Crippen molar-refractivity contribution < 1.29 is 43.4 Å². The molecule has 0 fully saturated rings. The van der Waals surface area contributed by atoms with E-state index >= 15 is 0 Å². The fraction of sp³-hybridized carbons (Fsp3) is 0.667. The van der Waals surface area contributed by atoms with Crippen LogP contribution in [0.3, 0.4) is 0 Å². The van der Waals surface area contributed by atoms with Gasteiger partial charge >= 0.3 is 15.2 Å². The average molecular weight is 648 g/mol. The Morgan fingerprint density at radius 2 is 1.50 bits per heavy atom. The molecule has 1 aromatic rings. The summed E-state index contributed by atoms with van der Waals surface area (Å²) in [6, 6.07) is 7.16. The molecule has 40 heavy (non-hydrogen) atoms. The summed E-state index contributed by atoms with van der Waals surface area (Å²) >= 11 is 11.7. The van der Waals surface area contributed by atoms with Crippen molar-refractivity contribution in [3.8, 4) is 0 Å². The molecular formula is C24H41Cl2N3O9P2. The minimum absolute atomic E-state index is 0.0134. The monoisotopic (exact) mass is 647 g/mol. The number of aryl methyl sites for hydroxylation is 1. The number of hydrogen-bond donors (Lipinski definition) is 7. The van der Waals surface area contributed by atoms with E-state index in [-0.39, 0.29) is 37.6 Å². The van der Waals surface area contributed by atoms with Crippen molar-refractivity contribution in [2.24, 2.45) is 5.92 Å². The molecule has 12 nitrogen and oxygen atoms in total. The topological polar surface area (TPSA) is 197 Å². The van der Waals surface area contributed by atoms with Gasteiger partial charge in [0, 0.05) is 43.5 Å². The van der Waals surface area contributed by atoms with Crippen LogP contribution >= 0.6 is 38.4 Å². The number of anilines is 1. The van der Waals surface area contributed by atoms with Crippen LogP contribution in [0.4, 0.5) is 5.69 Å². The number of nitrogens with zero attached hydrogens (tertiary/aromatic N) is 1. The zero-order chi connectivity index (χ0) is 30.6. The van der Waals surface area contributed by atoms with Gasteiger partial charge in [0.05, 0.1) is 0 Å². The number of hydrogen-bond acceptors (Lipinski definition) is 6. The lowest BCUT2D eigenvalue weighted by Crippen LogP contribution is -2.49. The Morgan fingerprint density at radius 3 is 1.98 bits per heavy atom. The van der Waals surface area contributed by atoms with Crippen LogP contribution in [0.25, 0.3) is 0 Å². The van der Waals surface area contributed by atoms with E-state index in [0.717, 1.165) is 11.3 Å². The summed E-state index contributed by atoms with van der Waals surface area (Å²) in [5.41, 5.74) is 2.09. The van der Waals surface area contributed by atoms with Gasteiger partial charge in [0.25, 0.3) is 5.08 Å². The molecule has 0 unspecified atom stereocenters. The second kappa shape index (κ2) is 17.0. The van der Waals surface area contributed by atoms with Crippen LogP contribution in [0.5, 0.6) is 0 Å². The summed E-state index contributed by atoms with van der Waals surface area (Å²) in [6.45, 7) is 4.93. The van der Waals surface area contributed by atoms with Crippen molar-refractivity contribution in [2.75, 3.05) is 36.3 Å². The number of halogens is 2. The van der Waals surface area contributed by atoms with Gasteiger partial charge in [-0.1, -0.05) is 26.0 Å². The van der Waals surface area contributed by atoms with Crippen molar-refractivity contribution in [1.82, 2.24) is 10.6 Å². The van der Waals surface area contributed by atoms with Crippen LogP contribution in [0.2, 0.25) is 0 Å². The molecule has 1 atom stereocenters. The van der Waals surface area contributed by atoms with Crippen molar-refractivity contribution in [3.63, 3.8) is 0 Å².